The fourth-order valence-electron chi connectivity index (χ4n) is 1.66. The maximum absolute atomic E-state index is 9.75. The number of hydrogen-bond donors (Lipinski definition) is 2. The van der Waals surface area contributed by atoms with Gasteiger partial charge >= 0.3 is 0 Å². The lowest BCUT2D eigenvalue weighted by molar-refractivity contribution is -0.0496. The molecule has 70 valence electrons. The Bertz CT molecular complexity index is 182. The van der Waals surface area contributed by atoms with E-state index in [1.807, 2.05) is 0 Å². The molecule has 0 amide bonds. The van der Waals surface area contributed by atoms with Crippen molar-refractivity contribution in [2.75, 3.05) is 6.61 Å². The molecular formula is C10H18O2. The van der Waals surface area contributed by atoms with Crippen LogP contribution in [-0.2, 0) is 0 Å². The molecule has 0 heterocycles. The summed E-state index contributed by atoms with van der Waals surface area (Å²) < 4.78 is 0. The molecule has 1 rings (SSSR count). The molecule has 0 bridgehead atoms. The summed E-state index contributed by atoms with van der Waals surface area (Å²) >= 11 is 0. The van der Waals surface area contributed by atoms with E-state index in [2.05, 4.69) is 13.0 Å². The molecule has 0 radical (unpaired) electrons. The number of allylic oxidation sites excluding steroid dienone is 2. The summed E-state index contributed by atoms with van der Waals surface area (Å²) in [5, 5.41) is 18.7. The number of aliphatic hydroxyl groups excluding tert-OH is 1. The van der Waals surface area contributed by atoms with Crippen molar-refractivity contribution in [1.82, 2.24) is 0 Å². The van der Waals surface area contributed by atoms with Gasteiger partial charge in [0.1, 0.15) is 0 Å². The van der Waals surface area contributed by atoms with Crippen LogP contribution in [0.25, 0.3) is 0 Å². The van der Waals surface area contributed by atoms with E-state index >= 15 is 0 Å². The van der Waals surface area contributed by atoms with E-state index in [1.165, 1.54) is 5.57 Å². The van der Waals surface area contributed by atoms with Crippen LogP contribution in [0.1, 0.15) is 33.1 Å². The van der Waals surface area contributed by atoms with Gasteiger partial charge in [0.15, 0.2) is 0 Å². The lowest BCUT2D eigenvalue weighted by atomic mass is 9.79. The molecule has 0 spiro atoms. The Labute approximate surface area is 73.9 Å². The zero-order valence-electron chi connectivity index (χ0n) is 7.88. The van der Waals surface area contributed by atoms with Gasteiger partial charge in [0.2, 0.25) is 0 Å². The molecule has 0 aliphatic heterocycles. The first-order chi connectivity index (χ1) is 5.56. The highest BCUT2D eigenvalue weighted by molar-refractivity contribution is 5.05. The van der Waals surface area contributed by atoms with Crippen LogP contribution in [0.3, 0.4) is 0 Å². The number of hydrogen-bond acceptors (Lipinski definition) is 2. The first-order valence-corrected chi connectivity index (χ1v) is 4.55. The largest absolute Gasteiger partial charge is 0.393 e. The van der Waals surface area contributed by atoms with Gasteiger partial charge in [-0.3, -0.25) is 0 Å². The quantitative estimate of drug-likeness (QED) is 0.616. The topological polar surface area (TPSA) is 40.5 Å². The first-order valence-electron chi connectivity index (χ1n) is 4.55. The van der Waals surface area contributed by atoms with Crippen LogP contribution in [0.5, 0.6) is 0 Å². The smallest absolute Gasteiger partial charge is 0.0880 e. The third kappa shape index (κ3) is 2.08. The lowest BCUT2D eigenvalue weighted by Gasteiger charge is -2.33. The highest BCUT2D eigenvalue weighted by Gasteiger charge is 2.31. The van der Waals surface area contributed by atoms with E-state index in [1.54, 1.807) is 6.92 Å². The molecule has 0 aromatic rings. The van der Waals surface area contributed by atoms with Crippen molar-refractivity contribution in [1.29, 1.82) is 0 Å². The Balaban J connectivity index is 2.56. The van der Waals surface area contributed by atoms with Gasteiger partial charge < -0.3 is 10.2 Å². The zero-order valence-corrected chi connectivity index (χ0v) is 7.88. The number of aliphatic hydroxyl groups is 2. The fraction of sp³-hybridized carbons (Fsp3) is 0.800. The molecule has 2 N–H and O–H groups in total. The second-order valence-electron chi connectivity index (χ2n) is 4.04. The SMILES string of the molecule is CC1=CC[C@@H]([C@@](C)(O)CO)CC1. The van der Waals surface area contributed by atoms with Crippen molar-refractivity contribution in [3.05, 3.63) is 11.6 Å². The van der Waals surface area contributed by atoms with E-state index in [-0.39, 0.29) is 12.5 Å². The summed E-state index contributed by atoms with van der Waals surface area (Å²) in [5.41, 5.74) is 0.511. The molecular weight excluding hydrogens is 152 g/mol. The molecule has 0 fully saturated rings. The van der Waals surface area contributed by atoms with Crippen molar-refractivity contribution in [2.24, 2.45) is 5.92 Å². The Kier molecular flexibility index (Phi) is 2.91. The van der Waals surface area contributed by atoms with Gasteiger partial charge in [-0.1, -0.05) is 11.6 Å². The lowest BCUT2D eigenvalue weighted by Crippen LogP contribution is -2.39. The maximum Gasteiger partial charge on any atom is 0.0880 e. The number of rotatable bonds is 2. The predicted octanol–water partition coefficient (Wildman–Crippen LogP) is 1.48. The second-order valence-corrected chi connectivity index (χ2v) is 4.04. The molecule has 0 saturated carbocycles. The Hall–Kier alpha value is -0.340. The average Bonchev–Trinajstić information content (AvgIpc) is 2.05. The van der Waals surface area contributed by atoms with E-state index in [0.29, 0.717) is 0 Å². The van der Waals surface area contributed by atoms with E-state index in [4.69, 9.17) is 5.11 Å². The molecule has 0 aromatic carbocycles. The minimum absolute atomic E-state index is 0.134. The van der Waals surface area contributed by atoms with Crippen LogP contribution < -0.4 is 0 Å². The van der Waals surface area contributed by atoms with Gasteiger partial charge in [-0.15, -0.1) is 0 Å². The summed E-state index contributed by atoms with van der Waals surface area (Å²) in [5.74, 6) is 0.228. The first kappa shape index (κ1) is 9.75. The average molecular weight is 170 g/mol. The van der Waals surface area contributed by atoms with E-state index in [9.17, 15) is 5.11 Å². The van der Waals surface area contributed by atoms with Crippen LogP contribution in [0.15, 0.2) is 11.6 Å². The van der Waals surface area contributed by atoms with Crippen LogP contribution in [0.2, 0.25) is 0 Å². The zero-order chi connectivity index (χ0) is 9.19. The van der Waals surface area contributed by atoms with Crippen molar-refractivity contribution in [2.45, 2.75) is 38.7 Å². The summed E-state index contributed by atoms with van der Waals surface area (Å²) in [7, 11) is 0. The van der Waals surface area contributed by atoms with Crippen LogP contribution >= 0.6 is 0 Å². The summed E-state index contributed by atoms with van der Waals surface area (Å²) in [6.07, 6.45) is 5.12. The predicted molar refractivity (Wildman–Crippen MR) is 48.8 cm³/mol. The van der Waals surface area contributed by atoms with Gasteiger partial charge in [-0.25, -0.2) is 0 Å². The van der Waals surface area contributed by atoms with Crippen LogP contribution in [0.4, 0.5) is 0 Å². The second kappa shape index (κ2) is 3.58. The Morgan fingerprint density at radius 3 is 2.75 bits per heavy atom. The third-order valence-corrected chi connectivity index (χ3v) is 2.84. The summed E-state index contributed by atoms with van der Waals surface area (Å²) in [6, 6.07) is 0. The molecule has 0 aromatic heterocycles. The summed E-state index contributed by atoms with van der Waals surface area (Å²) in [6.45, 7) is 3.70. The van der Waals surface area contributed by atoms with Crippen LogP contribution in [0, 0.1) is 5.92 Å². The van der Waals surface area contributed by atoms with Crippen LogP contribution in [-0.4, -0.2) is 22.4 Å². The molecule has 0 saturated heterocycles. The van der Waals surface area contributed by atoms with Crippen molar-refractivity contribution < 1.29 is 10.2 Å². The fourth-order valence-corrected chi connectivity index (χ4v) is 1.66. The minimum atomic E-state index is -0.892. The normalized spacial score (nSPS) is 29.3. The van der Waals surface area contributed by atoms with Gasteiger partial charge in [0.25, 0.3) is 0 Å². The van der Waals surface area contributed by atoms with Crippen molar-refractivity contribution >= 4 is 0 Å². The van der Waals surface area contributed by atoms with E-state index in [0.717, 1.165) is 19.3 Å². The molecule has 1 aliphatic carbocycles. The Morgan fingerprint density at radius 1 is 1.67 bits per heavy atom. The van der Waals surface area contributed by atoms with Gasteiger partial charge in [-0.2, -0.15) is 0 Å². The minimum Gasteiger partial charge on any atom is -0.393 e. The Morgan fingerprint density at radius 2 is 2.33 bits per heavy atom. The summed E-state index contributed by atoms with van der Waals surface area (Å²) in [4.78, 5) is 0. The third-order valence-electron chi connectivity index (χ3n) is 2.84. The highest BCUT2D eigenvalue weighted by Crippen LogP contribution is 2.31. The monoisotopic (exact) mass is 170 g/mol. The highest BCUT2D eigenvalue weighted by atomic mass is 16.3. The van der Waals surface area contributed by atoms with Gasteiger partial charge in [0.05, 0.1) is 12.2 Å². The van der Waals surface area contributed by atoms with Gasteiger partial charge in [-0.05, 0) is 39.0 Å². The van der Waals surface area contributed by atoms with E-state index < -0.39 is 5.60 Å². The molecule has 2 nitrogen and oxygen atoms in total. The molecule has 12 heavy (non-hydrogen) atoms. The molecule has 2 heteroatoms. The molecule has 2 atom stereocenters. The van der Waals surface area contributed by atoms with Gasteiger partial charge in [0, 0.05) is 0 Å². The molecule has 0 unspecified atom stereocenters. The standard InChI is InChI=1S/C10H18O2/c1-8-3-5-9(6-4-8)10(2,12)7-11/h3,9,11-12H,4-7H2,1-2H3/t9-,10+/m1/s1. The van der Waals surface area contributed by atoms with Crippen molar-refractivity contribution in [3.63, 3.8) is 0 Å². The maximum atomic E-state index is 9.75. The van der Waals surface area contributed by atoms with Crippen molar-refractivity contribution in [3.8, 4) is 0 Å². The molecule has 1 aliphatic rings.